The van der Waals surface area contributed by atoms with Crippen LogP contribution < -0.4 is 0 Å². The molecule has 0 saturated carbocycles. The van der Waals surface area contributed by atoms with E-state index in [1.165, 1.54) is 0 Å². The van der Waals surface area contributed by atoms with Gasteiger partial charge >= 0.3 is 0 Å². The van der Waals surface area contributed by atoms with Gasteiger partial charge in [0.05, 0.1) is 33.6 Å². The topological polar surface area (TPSA) is 57.5 Å². The number of alkyl halides is 1. The summed E-state index contributed by atoms with van der Waals surface area (Å²) in [6.45, 7) is 4.03. The zero-order chi connectivity index (χ0) is 15.1. The molecule has 4 atom stereocenters. The average molecular weight is 363 g/mol. The molecule has 0 aliphatic rings. The predicted molar refractivity (Wildman–Crippen MR) is 86.7 cm³/mol. The van der Waals surface area contributed by atoms with Crippen LogP contribution in [0.2, 0.25) is 0 Å². The number of unbranched alkanes of at least 4 members (excludes halogenated alkanes) is 1. The molecule has 0 aromatic heterocycles. The van der Waals surface area contributed by atoms with E-state index in [9.17, 15) is 14.4 Å². The Morgan fingerprint density at radius 1 is 1.20 bits per heavy atom. The first-order valence-corrected chi connectivity index (χ1v) is 9.14. The van der Waals surface area contributed by atoms with Crippen molar-refractivity contribution in [3.63, 3.8) is 0 Å². The van der Waals surface area contributed by atoms with E-state index < -0.39 is 27.8 Å². The Hall–Kier alpha value is -0.230. The molecule has 0 bridgehead atoms. The highest BCUT2D eigenvalue weighted by molar-refractivity contribution is 9.09. The van der Waals surface area contributed by atoms with Crippen molar-refractivity contribution >= 4 is 26.7 Å². The smallest absolute Gasteiger partial charge is 0.0808 e. The van der Waals surface area contributed by atoms with Gasteiger partial charge in [0, 0.05) is 4.90 Å². The first kappa shape index (κ1) is 17.8. The molecule has 1 rings (SSSR count). The molecule has 0 amide bonds. The third-order valence-corrected chi connectivity index (χ3v) is 5.86. The molecule has 3 nitrogen and oxygen atoms in total. The van der Waals surface area contributed by atoms with Gasteiger partial charge in [-0.2, -0.15) is 0 Å². The maximum Gasteiger partial charge on any atom is 0.0808 e. The number of rotatable bonds is 8. The standard InChI is InChI=1S/C15H23BrO3S/c1-3-4-5-13(17)15(16)14(18)10-20(19)12-8-6-11(2)7-9-12/h6-9,13-15,17-18H,3-5,10H2,1-2H3/t13-,14+,15-,20+/m0/s1. The van der Waals surface area contributed by atoms with E-state index in [1.807, 2.05) is 31.2 Å². The van der Waals surface area contributed by atoms with Crippen LogP contribution in [-0.4, -0.2) is 37.2 Å². The lowest BCUT2D eigenvalue weighted by atomic mass is 10.1. The summed E-state index contributed by atoms with van der Waals surface area (Å²) in [6.07, 6.45) is 1.11. The van der Waals surface area contributed by atoms with Crippen molar-refractivity contribution in [3.8, 4) is 0 Å². The van der Waals surface area contributed by atoms with Gasteiger partial charge in [-0.25, -0.2) is 0 Å². The molecule has 0 fully saturated rings. The van der Waals surface area contributed by atoms with Crippen LogP contribution in [0.15, 0.2) is 29.2 Å². The minimum absolute atomic E-state index is 0.127. The molecule has 0 heterocycles. The van der Waals surface area contributed by atoms with Gasteiger partial charge in [0.15, 0.2) is 0 Å². The zero-order valence-corrected chi connectivity index (χ0v) is 14.4. The van der Waals surface area contributed by atoms with Gasteiger partial charge in [0.1, 0.15) is 0 Å². The zero-order valence-electron chi connectivity index (χ0n) is 12.0. The Kier molecular flexibility index (Phi) is 7.95. The van der Waals surface area contributed by atoms with E-state index in [0.29, 0.717) is 11.3 Å². The molecule has 0 aliphatic carbocycles. The maximum atomic E-state index is 12.2. The monoisotopic (exact) mass is 362 g/mol. The van der Waals surface area contributed by atoms with Crippen molar-refractivity contribution in [2.45, 2.75) is 55.0 Å². The van der Waals surface area contributed by atoms with Gasteiger partial charge < -0.3 is 10.2 Å². The number of aliphatic hydroxyl groups is 2. The van der Waals surface area contributed by atoms with Gasteiger partial charge in [-0.1, -0.05) is 53.4 Å². The molecular weight excluding hydrogens is 340 g/mol. The number of benzene rings is 1. The van der Waals surface area contributed by atoms with Crippen LogP contribution in [0.25, 0.3) is 0 Å². The van der Waals surface area contributed by atoms with Gasteiger partial charge in [-0.15, -0.1) is 0 Å². The van der Waals surface area contributed by atoms with Gasteiger partial charge in [-0.05, 0) is 25.5 Å². The minimum Gasteiger partial charge on any atom is -0.392 e. The Balaban J connectivity index is 2.54. The Morgan fingerprint density at radius 3 is 2.35 bits per heavy atom. The predicted octanol–water partition coefficient (Wildman–Crippen LogP) is 2.78. The highest BCUT2D eigenvalue weighted by Crippen LogP contribution is 2.18. The van der Waals surface area contributed by atoms with E-state index in [2.05, 4.69) is 22.9 Å². The van der Waals surface area contributed by atoms with Crippen molar-refractivity contribution < 1.29 is 14.4 Å². The van der Waals surface area contributed by atoms with Crippen LogP contribution in [0.1, 0.15) is 31.7 Å². The second kappa shape index (κ2) is 8.93. The van der Waals surface area contributed by atoms with Crippen molar-refractivity contribution in [1.82, 2.24) is 0 Å². The SMILES string of the molecule is CCCC[C@H](O)[C@H](Br)[C@H](O)C[S@@](=O)c1ccc(C)cc1. The van der Waals surface area contributed by atoms with Crippen LogP contribution in [0, 0.1) is 6.92 Å². The van der Waals surface area contributed by atoms with Crippen LogP contribution in [0.3, 0.4) is 0 Å². The summed E-state index contributed by atoms with van der Waals surface area (Å²) in [7, 11) is -1.26. The lowest BCUT2D eigenvalue weighted by molar-refractivity contribution is 0.0962. The number of aryl methyl sites for hydroxylation is 1. The molecule has 0 aliphatic heterocycles. The fourth-order valence-corrected chi connectivity index (χ4v) is 3.71. The van der Waals surface area contributed by atoms with Crippen LogP contribution in [0.4, 0.5) is 0 Å². The van der Waals surface area contributed by atoms with Crippen molar-refractivity contribution in [2.75, 3.05) is 5.75 Å². The molecule has 0 spiro atoms. The van der Waals surface area contributed by atoms with Crippen molar-refractivity contribution in [3.05, 3.63) is 29.8 Å². The van der Waals surface area contributed by atoms with Crippen LogP contribution in [-0.2, 0) is 10.8 Å². The van der Waals surface area contributed by atoms with Gasteiger partial charge in [0.2, 0.25) is 0 Å². The molecule has 20 heavy (non-hydrogen) atoms. The highest BCUT2D eigenvalue weighted by Gasteiger charge is 2.25. The Labute approximate surface area is 132 Å². The lowest BCUT2D eigenvalue weighted by Gasteiger charge is -2.22. The van der Waals surface area contributed by atoms with E-state index in [0.717, 1.165) is 18.4 Å². The summed E-state index contributed by atoms with van der Waals surface area (Å²) in [6, 6.07) is 7.44. The second-order valence-electron chi connectivity index (χ2n) is 5.05. The third-order valence-electron chi connectivity index (χ3n) is 3.19. The number of halogens is 1. The van der Waals surface area contributed by atoms with Crippen LogP contribution >= 0.6 is 15.9 Å². The number of hydrogen-bond donors (Lipinski definition) is 2. The Bertz CT molecular complexity index is 422. The fraction of sp³-hybridized carbons (Fsp3) is 0.600. The van der Waals surface area contributed by atoms with E-state index in [-0.39, 0.29) is 5.75 Å². The molecule has 114 valence electrons. The summed E-state index contributed by atoms with van der Waals surface area (Å²) in [5.74, 6) is 0.127. The molecule has 0 radical (unpaired) electrons. The van der Waals surface area contributed by atoms with Gasteiger partial charge in [-0.3, -0.25) is 4.21 Å². The molecular formula is C15H23BrO3S. The third kappa shape index (κ3) is 5.64. The second-order valence-corrected chi connectivity index (χ2v) is 7.60. The van der Waals surface area contributed by atoms with E-state index >= 15 is 0 Å². The molecule has 5 heteroatoms. The van der Waals surface area contributed by atoms with Gasteiger partial charge in [0.25, 0.3) is 0 Å². The molecule has 0 unspecified atom stereocenters. The van der Waals surface area contributed by atoms with E-state index in [4.69, 9.17) is 0 Å². The largest absolute Gasteiger partial charge is 0.392 e. The number of hydrogen-bond acceptors (Lipinski definition) is 3. The lowest BCUT2D eigenvalue weighted by Crippen LogP contribution is -2.36. The van der Waals surface area contributed by atoms with Crippen LogP contribution in [0.5, 0.6) is 0 Å². The summed E-state index contributed by atoms with van der Waals surface area (Å²) in [4.78, 5) is 0.265. The highest BCUT2D eigenvalue weighted by atomic mass is 79.9. The minimum atomic E-state index is -1.26. The molecule has 2 N–H and O–H groups in total. The average Bonchev–Trinajstić information content (AvgIpc) is 2.44. The molecule has 0 saturated heterocycles. The maximum absolute atomic E-state index is 12.2. The summed E-state index contributed by atoms with van der Waals surface area (Å²) < 4.78 is 12.2. The molecule has 1 aromatic rings. The summed E-state index contributed by atoms with van der Waals surface area (Å²) in [5.41, 5.74) is 1.11. The summed E-state index contributed by atoms with van der Waals surface area (Å²) in [5, 5.41) is 20.0. The first-order chi connectivity index (χ1) is 9.45. The number of aliphatic hydroxyl groups excluding tert-OH is 2. The summed E-state index contributed by atoms with van der Waals surface area (Å²) >= 11 is 3.32. The van der Waals surface area contributed by atoms with Crippen molar-refractivity contribution in [1.29, 1.82) is 0 Å². The molecule has 1 aromatic carbocycles. The normalized spacial score (nSPS) is 17.4. The van der Waals surface area contributed by atoms with Crippen molar-refractivity contribution in [2.24, 2.45) is 0 Å². The quantitative estimate of drug-likeness (QED) is 0.699. The first-order valence-electron chi connectivity index (χ1n) is 6.91. The van der Waals surface area contributed by atoms with E-state index in [1.54, 1.807) is 0 Å². The fourth-order valence-electron chi connectivity index (χ4n) is 1.86. The Morgan fingerprint density at radius 2 is 1.80 bits per heavy atom.